The Balaban J connectivity index is 2.60. The smallest absolute Gasteiger partial charge is 0.131 e. The lowest BCUT2D eigenvalue weighted by Crippen LogP contribution is -1.80. The summed E-state index contributed by atoms with van der Waals surface area (Å²) in [7, 11) is 0. The van der Waals surface area contributed by atoms with Gasteiger partial charge in [-0.1, -0.05) is 18.2 Å². The summed E-state index contributed by atoms with van der Waals surface area (Å²) in [5, 5.41) is 0. The Bertz CT molecular complexity index is 465. The Kier molecular flexibility index (Phi) is 3.04. The number of rotatable bonds is 1. The maximum Gasteiger partial charge on any atom is 0.131 e. The second kappa shape index (κ2) is 4.13. The molecule has 1 aromatic heterocycles. The van der Waals surface area contributed by atoms with E-state index in [4.69, 9.17) is 0 Å². The molecule has 14 heavy (non-hydrogen) atoms. The predicted molar refractivity (Wildman–Crippen MR) is 65.1 cm³/mol. The van der Waals surface area contributed by atoms with Gasteiger partial charge in [0, 0.05) is 11.1 Å². The molecule has 0 nitrogen and oxygen atoms in total. The van der Waals surface area contributed by atoms with Gasteiger partial charge >= 0.3 is 0 Å². The van der Waals surface area contributed by atoms with Gasteiger partial charge in [0.25, 0.3) is 0 Å². The highest BCUT2D eigenvalue weighted by Gasteiger charge is 2.10. The molecule has 0 N–H and O–H groups in total. The Morgan fingerprint density at radius 3 is 2.36 bits per heavy atom. The minimum absolute atomic E-state index is 0.196. The van der Waals surface area contributed by atoms with E-state index in [2.05, 4.69) is 31.9 Å². The molecular formula is C10H5Br2FS. The molecule has 0 fully saturated rings. The lowest BCUT2D eigenvalue weighted by atomic mass is 10.1. The largest absolute Gasteiger partial charge is 0.206 e. The molecule has 0 unspecified atom stereocenters. The van der Waals surface area contributed by atoms with Crippen LogP contribution in [0.25, 0.3) is 11.1 Å². The Hall–Kier alpha value is -0.190. The molecule has 0 spiro atoms. The SMILES string of the molecule is Fc1ccccc1-c1cc(Br)sc1Br. The molecule has 1 aromatic carbocycles. The van der Waals surface area contributed by atoms with E-state index in [1.165, 1.54) is 17.4 Å². The molecule has 1 heterocycles. The van der Waals surface area contributed by atoms with Crippen molar-refractivity contribution in [3.8, 4) is 11.1 Å². The van der Waals surface area contributed by atoms with Crippen molar-refractivity contribution in [3.05, 3.63) is 43.7 Å². The first-order valence-corrected chi connectivity index (χ1v) is 6.28. The number of hydrogen-bond donors (Lipinski definition) is 0. The zero-order chi connectivity index (χ0) is 10.1. The minimum atomic E-state index is -0.196. The van der Waals surface area contributed by atoms with Gasteiger partial charge in [0.1, 0.15) is 5.82 Å². The first kappa shape index (κ1) is 10.3. The van der Waals surface area contributed by atoms with Gasteiger partial charge in [-0.15, -0.1) is 11.3 Å². The molecule has 0 amide bonds. The van der Waals surface area contributed by atoms with Crippen molar-refractivity contribution in [2.45, 2.75) is 0 Å². The molecule has 0 aliphatic heterocycles. The van der Waals surface area contributed by atoms with Gasteiger partial charge in [0.05, 0.1) is 7.57 Å². The van der Waals surface area contributed by atoms with Crippen LogP contribution < -0.4 is 0 Å². The molecule has 0 aliphatic rings. The number of benzene rings is 1. The van der Waals surface area contributed by atoms with Crippen LogP contribution in [0.5, 0.6) is 0 Å². The molecule has 0 saturated carbocycles. The lowest BCUT2D eigenvalue weighted by Gasteiger charge is -1.99. The van der Waals surface area contributed by atoms with Crippen LogP contribution in [0.3, 0.4) is 0 Å². The summed E-state index contributed by atoms with van der Waals surface area (Å²) in [6.45, 7) is 0. The molecule has 0 radical (unpaired) electrons. The zero-order valence-corrected chi connectivity index (χ0v) is 10.9. The molecule has 0 aliphatic carbocycles. The number of hydrogen-bond acceptors (Lipinski definition) is 1. The van der Waals surface area contributed by atoms with Gasteiger partial charge in [-0.2, -0.15) is 0 Å². The van der Waals surface area contributed by atoms with Crippen molar-refractivity contribution in [1.82, 2.24) is 0 Å². The second-order valence-electron chi connectivity index (χ2n) is 2.72. The summed E-state index contributed by atoms with van der Waals surface area (Å²) in [5.74, 6) is -0.196. The Labute approximate surface area is 102 Å². The summed E-state index contributed by atoms with van der Waals surface area (Å²) in [6.07, 6.45) is 0. The maximum atomic E-state index is 13.4. The van der Waals surface area contributed by atoms with Crippen LogP contribution in [-0.2, 0) is 0 Å². The van der Waals surface area contributed by atoms with Crippen molar-refractivity contribution in [2.24, 2.45) is 0 Å². The van der Waals surface area contributed by atoms with Crippen molar-refractivity contribution in [2.75, 3.05) is 0 Å². The lowest BCUT2D eigenvalue weighted by molar-refractivity contribution is 0.631. The van der Waals surface area contributed by atoms with E-state index in [0.29, 0.717) is 5.56 Å². The molecule has 4 heteroatoms. The highest BCUT2D eigenvalue weighted by Crippen LogP contribution is 2.39. The van der Waals surface area contributed by atoms with Gasteiger partial charge in [-0.05, 0) is 44.0 Å². The van der Waals surface area contributed by atoms with Crippen LogP contribution in [0.2, 0.25) is 0 Å². The zero-order valence-electron chi connectivity index (χ0n) is 6.93. The van der Waals surface area contributed by atoms with Crippen molar-refractivity contribution in [1.29, 1.82) is 0 Å². The third-order valence-corrected chi connectivity index (χ3v) is 4.16. The minimum Gasteiger partial charge on any atom is -0.206 e. The standard InChI is InChI=1S/C10H5Br2FS/c11-9-5-7(10(12)14-9)6-3-1-2-4-8(6)13/h1-5H. The van der Waals surface area contributed by atoms with E-state index in [1.54, 1.807) is 12.1 Å². The monoisotopic (exact) mass is 334 g/mol. The van der Waals surface area contributed by atoms with Crippen LogP contribution >= 0.6 is 43.2 Å². The fraction of sp³-hybridized carbons (Fsp3) is 0. The fourth-order valence-corrected chi connectivity index (χ4v) is 4.05. The average Bonchev–Trinajstić information content (AvgIpc) is 2.46. The predicted octanol–water partition coefficient (Wildman–Crippen LogP) is 5.08. The first-order valence-electron chi connectivity index (χ1n) is 3.88. The van der Waals surface area contributed by atoms with E-state index < -0.39 is 0 Å². The topological polar surface area (TPSA) is 0 Å². The van der Waals surface area contributed by atoms with Gasteiger partial charge in [-0.25, -0.2) is 4.39 Å². The van der Waals surface area contributed by atoms with Gasteiger partial charge in [0.15, 0.2) is 0 Å². The van der Waals surface area contributed by atoms with Gasteiger partial charge in [0.2, 0.25) is 0 Å². The molecule has 2 aromatic rings. The van der Waals surface area contributed by atoms with Crippen LogP contribution in [0.1, 0.15) is 0 Å². The average molecular weight is 336 g/mol. The van der Waals surface area contributed by atoms with Gasteiger partial charge in [-0.3, -0.25) is 0 Å². The number of thiophene rings is 1. The van der Waals surface area contributed by atoms with Crippen molar-refractivity contribution >= 4 is 43.2 Å². The highest BCUT2D eigenvalue weighted by molar-refractivity contribution is 9.12. The van der Waals surface area contributed by atoms with Crippen molar-refractivity contribution < 1.29 is 4.39 Å². The van der Waals surface area contributed by atoms with Crippen molar-refractivity contribution in [3.63, 3.8) is 0 Å². The van der Waals surface area contributed by atoms with Gasteiger partial charge < -0.3 is 0 Å². The van der Waals surface area contributed by atoms with Crippen LogP contribution in [0.4, 0.5) is 4.39 Å². The highest BCUT2D eigenvalue weighted by atomic mass is 79.9. The third-order valence-electron chi connectivity index (χ3n) is 1.82. The van der Waals surface area contributed by atoms with E-state index in [-0.39, 0.29) is 5.82 Å². The molecule has 0 saturated heterocycles. The van der Waals surface area contributed by atoms with E-state index >= 15 is 0 Å². The first-order chi connectivity index (χ1) is 6.68. The maximum absolute atomic E-state index is 13.4. The van der Waals surface area contributed by atoms with E-state index in [1.807, 2.05) is 12.1 Å². The summed E-state index contributed by atoms with van der Waals surface area (Å²) in [5.41, 5.74) is 1.52. The Morgan fingerprint density at radius 1 is 1.07 bits per heavy atom. The van der Waals surface area contributed by atoms with E-state index in [9.17, 15) is 4.39 Å². The molecule has 0 bridgehead atoms. The molecule has 0 atom stereocenters. The van der Waals surface area contributed by atoms with E-state index in [0.717, 1.165) is 13.1 Å². The third kappa shape index (κ3) is 1.92. The van der Waals surface area contributed by atoms with Crippen LogP contribution in [0.15, 0.2) is 37.9 Å². The molecular weight excluding hydrogens is 331 g/mol. The number of halogens is 3. The normalized spacial score (nSPS) is 10.5. The summed E-state index contributed by atoms with van der Waals surface area (Å²) >= 11 is 8.32. The Morgan fingerprint density at radius 2 is 1.79 bits per heavy atom. The quantitative estimate of drug-likeness (QED) is 0.681. The summed E-state index contributed by atoms with van der Waals surface area (Å²) < 4.78 is 15.4. The van der Waals surface area contributed by atoms with Crippen LogP contribution in [0, 0.1) is 5.82 Å². The van der Waals surface area contributed by atoms with Crippen LogP contribution in [-0.4, -0.2) is 0 Å². The molecule has 72 valence electrons. The summed E-state index contributed by atoms with van der Waals surface area (Å²) in [6, 6.07) is 8.67. The summed E-state index contributed by atoms with van der Waals surface area (Å²) in [4.78, 5) is 0. The molecule has 2 rings (SSSR count). The second-order valence-corrected chi connectivity index (χ2v) is 6.47. The fourth-order valence-electron chi connectivity index (χ4n) is 1.20.